The number of likely N-dealkylation sites (tertiary alicyclic amines) is 1. The third kappa shape index (κ3) is 6.63. The molecule has 3 nitrogen and oxygen atoms in total. The maximum absolute atomic E-state index is 12.7. The van der Waals surface area contributed by atoms with Gasteiger partial charge in [-0.3, -0.25) is 4.79 Å². The van der Waals surface area contributed by atoms with Crippen LogP contribution in [0, 0.1) is 44.1 Å². The molecule has 2 aromatic carbocycles. The van der Waals surface area contributed by atoms with Gasteiger partial charge in [-0.15, -0.1) is 13.1 Å². The fraction of sp³-hybridized carbons (Fsp3) is 0.480. The summed E-state index contributed by atoms with van der Waals surface area (Å²) < 4.78 is 0. The number of ketones is 1. The van der Waals surface area contributed by atoms with Gasteiger partial charge in [0.1, 0.15) is 0 Å². The predicted octanol–water partition coefficient (Wildman–Crippen LogP) is 5.65. The minimum Gasteiger partial charge on any atom is -0.662 e. The van der Waals surface area contributed by atoms with Crippen LogP contribution < -0.4 is 0 Å². The van der Waals surface area contributed by atoms with Crippen molar-refractivity contribution in [3.63, 3.8) is 0 Å². The third-order valence-corrected chi connectivity index (χ3v) is 6.67. The van der Waals surface area contributed by atoms with E-state index in [1.165, 1.54) is 29.5 Å². The standard InChI is InChI=1S/C25H30ClN2O.Ac/c26-24-7-5-19(6-8-24)21-11-16-28(17-12-21)15-1-2-25(29)23-4-3-20-9-13-27-14-10-22(20)18-23;/h3-8,18,21H,1-2,9-17H2;/q-1;. The summed E-state index contributed by atoms with van der Waals surface area (Å²) >= 11 is 6.00. The normalized spacial score (nSPS) is 17.6. The zero-order chi connectivity index (χ0) is 20.1. The Balaban J connectivity index is 0.00000256. The average Bonchev–Trinajstić information content (AvgIpc) is 2.99. The van der Waals surface area contributed by atoms with Crippen molar-refractivity contribution in [2.75, 3.05) is 32.7 Å². The molecule has 0 amide bonds. The Labute approximate surface area is 221 Å². The molecule has 5 heteroatoms. The molecule has 1 radical (unpaired) electrons. The van der Waals surface area contributed by atoms with Crippen LogP contribution in [0.5, 0.6) is 0 Å². The van der Waals surface area contributed by atoms with Crippen molar-refractivity contribution in [1.29, 1.82) is 0 Å². The Kier molecular flexibility index (Phi) is 9.86. The molecule has 2 aliphatic heterocycles. The monoisotopic (exact) mass is 636 g/mol. The zero-order valence-electron chi connectivity index (χ0n) is 17.7. The van der Waals surface area contributed by atoms with Crippen LogP contribution >= 0.6 is 11.6 Å². The Bertz CT molecular complexity index is 832. The fourth-order valence-electron chi connectivity index (χ4n) is 4.62. The molecule has 0 spiro atoms. The molecule has 0 bridgehead atoms. The van der Waals surface area contributed by atoms with E-state index in [9.17, 15) is 4.79 Å². The first-order valence-electron chi connectivity index (χ1n) is 10.9. The second kappa shape index (κ2) is 12.1. The van der Waals surface area contributed by atoms with Crippen LogP contribution in [0.25, 0.3) is 5.32 Å². The Morgan fingerprint density at radius 3 is 2.43 bits per heavy atom. The molecular formula is C25H30AcClN2O-. The van der Waals surface area contributed by atoms with Gasteiger partial charge in [0.15, 0.2) is 5.78 Å². The van der Waals surface area contributed by atoms with E-state index in [1.54, 1.807) is 0 Å². The van der Waals surface area contributed by atoms with Crippen molar-refractivity contribution in [2.24, 2.45) is 0 Å². The molecule has 30 heavy (non-hydrogen) atoms. The van der Waals surface area contributed by atoms with E-state index in [0.29, 0.717) is 12.3 Å². The molecule has 2 heterocycles. The van der Waals surface area contributed by atoms with E-state index in [-0.39, 0.29) is 49.8 Å². The summed E-state index contributed by atoms with van der Waals surface area (Å²) in [5.41, 5.74) is 4.97. The minimum absolute atomic E-state index is 0. The first-order chi connectivity index (χ1) is 14.2. The van der Waals surface area contributed by atoms with Crippen molar-refractivity contribution in [2.45, 2.75) is 44.4 Å². The predicted molar refractivity (Wildman–Crippen MR) is 120 cm³/mol. The molecule has 2 aliphatic rings. The molecule has 0 saturated carbocycles. The number of carbonyl (C=O) groups is 1. The summed E-state index contributed by atoms with van der Waals surface area (Å²) in [4.78, 5) is 15.2. The number of nitrogens with zero attached hydrogens (tertiary/aromatic N) is 2. The van der Waals surface area contributed by atoms with Crippen LogP contribution in [0.2, 0.25) is 5.02 Å². The Morgan fingerprint density at radius 2 is 1.70 bits per heavy atom. The van der Waals surface area contributed by atoms with Gasteiger partial charge >= 0.3 is 0 Å². The smallest absolute Gasteiger partial charge is 0.162 e. The number of halogens is 1. The summed E-state index contributed by atoms with van der Waals surface area (Å²) in [6, 6.07) is 14.6. The zero-order valence-corrected chi connectivity index (χ0v) is 23.2. The maximum atomic E-state index is 12.7. The first kappa shape index (κ1) is 24.4. The summed E-state index contributed by atoms with van der Waals surface area (Å²) in [5.74, 6) is 0.918. The van der Waals surface area contributed by atoms with E-state index >= 15 is 0 Å². The Morgan fingerprint density at radius 1 is 1.00 bits per heavy atom. The van der Waals surface area contributed by atoms with E-state index in [2.05, 4.69) is 34.5 Å². The van der Waals surface area contributed by atoms with Gasteiger partial charge in [-0.25, -0.2) is 0 Å². The van der Waals surface area contributed by atoms with E-state index < -0.39 is 0 Å². The van der Waals surface area contributed by atoms with Gasteiger partial charge < -0.3 is 10.2 Å². The van der Waals surface area contributed by atoms with Crippen molar-refractivity contribution in [3.05, 3.63) is 75.1 Å². The molecule has 0 N–H and O–H groups in total. The number of rotatable bonds is 6. The molecule has 4 rings (SSSR count). The summed E-state index contributed by atoms with van der Waals surface area (Å²) in [6.45, 7) is 5.04. The van der Waals surface area contributed by atoms with E-state index in [1.807, 2.05) is 18.2 Å². The van der Waals surface area contributed by atoms with Gasteiger partial charge in [0.2, 0.25) is 0 Å². The molecular weight excluding hydrogens is 607 g/mol. The largest absolute Gasteiger partial charge is 0.662 e. The SMILES string of the molecule is O=C(CCCN1CCC(c2ccc(Cl)cc2)CC1)c1ccc2c(c1)CC[N-]CC2.[Ac]. The summed E-state index contributed by atoms with van der Waals surface area (Å²) in [5, 5.41) is 5.30. The van der Waals surface area contributed by atoms with Crippen LogP contribution in [0.4, 0.5) is 0 Å². The number of carbonyl (C=O) groups excluding carboxylic acids is 1. The minimum atomic E-state index is 0. The topological polar surface area (TPSA) is 34.4 Å². The molecule has 2 aromatic rings. The van der Waals surface area contributed by atoms with Crippen molar-refractivity contribution in [1.82, 2.24) is 4.90 Å². The van der Waals surface area contributed by atoms with E-state index in [4.69, 9.17) is 11.6 Å². The second-order valence-corrected chi connectivity index (χ2v) is 8.78. The van der Waals surface area contributed by atoms with Crippen molar-refractivity contribution in [3.8, 4) is 0 Å². The van der Waals surface area contributed by atoms with Crippen LogP contribution in [-0.2, 0) is 12.8 Å². The average molecular weight is 637 g/mol. The molecule has 0 unspecified atom stereocenters. The molecule has 1 saturated heterocycles. The van der Waals surface area contributed by atoms with Gasteiger partial charge in [-0.1, -0.05) is 35.9 Å². The molecule has 157 valence electrons. The number of fused-ring (bicyclic) bond motifs is 1. The van der Waals surface area contributed by atoms with Crippen LogP contribution in [-0.4, -0.2) is 43.4 Å². The summed E-state index contributed by atoms with van der Waals surface area (Å²) in [6.07, 6.45) is 5.93. The third-order valence-electron chi connectivity index (χ3n) is 6.41. The molecule has 1 fully saturated rings. The van der Waals surface area contributed by atoms with Gasteiger partial charge in [0.05, 0.1) is 0 Å². The van der Waals surface area contributed by atoms with Gasteiger partial charge in [-0.05, 0) is 92.5 Å². The van der Waals surface area contributed by atoms with Crippen molar-refractivity contribution < 1.29 is 48.9 Å². The second-order valence-electron chi connectivity index (χ2n) is 8.35. The van der Waals surface area contributed by atoms with Crippen LogP contribution in [0.3, 0.4) is 0 Å². The number of Topliss-reactive ketones (excluding diaryl/α,β-unsaturated/α-hetero) is 1. The van der Waals surface area contributed by atoms with Gasteiger partial charge in [-0.2, -0.15) is 0 Å². The number of hydrogen-bond donors (Lipinski definition) is 0. The van der Waals surface area contributed by atoms with Gasteiger partial charge in [0, 0.05) is 61.1 Å². The molecule has 0 atom stereocenters. The maximum Gasteiger partial charge on any atom is 0.162 e. The van der Waals surface area contributed by atoms with E-state index in [0.717, 1.165) is 62.6 Å². The number of piperidine rings is 1. The van der Waals surface area contributed by atoms with Gasteiger partial charge in [0.25, 0.3) is 0 Å². The summed E-state index contributed by atoms with van der Waals surface area (Å²) in [7, 11) is 0. The van der Waals surface area contributed by atoms with Crippen molar-refractivity contribution >= 4 is 17.4 Å². The number of hydrogen-bond acceptors (Lipinski definition) is 2. The molecule has 0 aliphatic carbocycles. The fourth-order valence-corrected chi connectivity index (χ4v) is 4.75. The van der Waals surface area contributed by atoms with Crippen LogP contribution in [0.15, 0.2) is 42.5 Å². The van der Waals surface area contributed by atoms with Crippen LogP contribution in [0.1, 0.15) is 58.6 Å². The number of benzene rings is 2. The first-order valence-corrected chi connectivity index (χ1v) is 11.3. The molecule has 0 aromatic heterocycles. The quantitative estimate of drug-likeness (QED) is 0.384. The Hall–Kier alpha value is -0.238.